The Hall–Kier alpha value is -1.68. The van der Waals surface area contributed by atoms with Gasteiger partial charge in [0.2, 0.25) is 0 Å². The third-order valence-electron chi connectivity index (χ3n) is 3.57. The molecular formula is C17H23ClN2O2. The van der Waals surface area contributed by atoms with E-state index in [0.29, 0.717) is 30.5 Å². The van der Waals surface area contributed by atoms with Crippen LogP contribution in [0.5, 0.6) is 5.75 Å². The molecular weight excluding hydrogens is 300 g/mol. The van der Waals surface area contributed by atoms with Crippen LogP contribution < -0.4 is 15.4 Å². The number of hydrogen-bond donors (Lipinski definition) is 2. The summed E-state index contributed by atoms with van der Waals surface area (Å²) in [6, 6.07) is 7.06. The molecule has 1 aliphatic rings. The lowest BCUT2D eigenvalue weighted by atomic mass is 9.97. The minimum atomic E-state index is -0.147. The first-order chi connectivity index (χ1) is 10.7. The lowest BCUT2D eigenvalue weighted by Gasteiger charge is -2.13. The number of urea groups is 1. The van der Waals surface area contributed by atoms with Gasteiger partial charge in [-0.3, -0.25) is 0 Å². The van der Waals surface area contributed by atoms with Crippen LogP contribution in [0.4, 0.5) is 4.79 Å². The minimum absolute atomic E-state index is 0.147. The van der Waals surface area contributed by atoms with Crippen LogP contribution in [-0.4, -0.2) is 25.7 Å². The highest BCUT2D eigenvalue weighted by atomic mass is 35.5. The van der Waals surface area contributed by atoms with E-state index in [-0.39, 0.29) is 6.03 Å². The van der Waals surface area contributed by atoms with Crippen molar-refractivity contribution in [3.05, 3.63) is 40.9 Å². The first-order valence-corrected chi connectivity index (χ1v) is 8.20. The molecule has 0 aliphatic heterocycles. The van der Waals surface area contributed by atoms with Gasteiger partial charge in [0, 0.05) is 11.6 Å². The number of nitrogens with one attached hydrogen (secondary N) is 2. The minimum Gasteiger partial charge on any atom is -0.492 e. The number of ether oxygens (including phenoxy) is 1. The highest BCUT2D eigenvalue weighted by molar-refractivity contribution is 6.30. The molecule has 0 spiro atoms. The molecule has 0 bridgehead atoms. The Morgan fingerprint density at radius 2 is 2.09 bits per heavy atom. The van der Waals surface area contributed by atoms with Crippen molar-refractivity contribution >= 4 is 17.6 Å². The molecule has 0 atom stereocenters. The third kappa shape index (κ3) is 6.39. The van der Waals surface area contributed by atoms with Gasteiger partial charge in [0.05, 0.1) is 6.54 Å². The fourth-order valence-corrected chi connectivity index (χ4v) is 2.60. The number of carbonyl (C=O) groups is 1. The number of halogens is 1. The standard InChI is InChI=1S/C17H23ClN2O2/c18-15-7-4-8-16(13-15)22-12-11-20-17(21)19-10-9-14-5-2-1-3-6-14/h4-5,7-8,13H,1-3,6,9-12H2,(H2,19,20,21). The maximum Gasteiger partial charge on any atom is 0.314 e. The van der Waals surface area contributed by atoms with Crippen molar-refractivity contribution in [3.63, 3.8) is 0 Å². The molecule has 2 rings (SSSR count). The highest BCUT2D eigenvalue weighted by Gasteiger charge is 2.04. The second-order valence-corrected chi connectivity index (χ2v) is 5.78. The van der Waals surface area contributed by atoms with Crippen LogP contribution >= 0.6 is 11.6 Å². The zero-order valence-corrected chi connectivity index (χ0v) is 13.5. The van der Waals surface area contributed by atoms with E-state index in [0.717, 1.165) is 6.42 Å². The average Bonchev–Trinajstić information content (AvgIpc) is 2.53. The molecule has 4 nitrogen and oxygen atoms in total. The summed E-state index contributed by atoms with van der Waals surface area (Å²) in [4.78, 5) is 11.6. The van der Waals surface area contributed by atoms with Crippen LogP contribution in [0.25, 0.3) is 0 Å². The molecule has 5 heteroatoms. The van der Waals surface area contributed by atoms with E-state index in [1.165, 1.54) is 31.3 Å². The Balaban J connectivity index is 1.53. The van der Waals surface area contributed by atoms with E-state index in [9.17, 15) is 4.79 Å². The van der Waals surface area contributed by atoms with Gasteiger partial charge < -0.3 is 15.4 Å². The molecule has 0 saturated heterocycles. The molecule has 1 aromatic rings. The quantitative estimate of drug-likeness (QED) is 0.590. The van der Waals surface area contributed by atoms with Gasteiger partial charge in [0.25, 0.3) is 0 Å². The SMILES string of the molecule is O=C(NCCOc1cccc(Cl)c1)NCCC1=CCCCC1. The summed E-state index contributed by atoms with van der Waals surface area (Å²) in [7, 11) is 0. The van der Waals surface area contributed by atoms with Crippen molar-refractivity contribution in [1.29, 1.82) is 0 Å². The summed E-state index contributed by atoms with van der Waals surface area (Å²) >= 11 is 5.87. The Labute approximate surface area is 136 Å². The Morgan fingerprint density at radius 3 is 2.86 bits per heavy atom. The van der Waals surface area contributed by atoms with Gasteiger partial charge in [-0.25, -0.2) is 4.79 Å². The predicted octanol–water partition coefficient (Wildman–Crippen LogP) is 3.91. The van der Waals surface area contributed by atoms with Crippen LogP contribution in [0, 0.1) is 0 Å². The van der Waals surface area contributed by atoms with E-state index < -0.39 is 0 Å². The summed E-state index contributed by atoms with van der Waals surface area (Å²) in [5.41, 5.74) is 1.47. The van der Waals surface area contributed by atoms with Gasteiger partial charge in [-0.05, 0) is 50.3 Å². The molecule has 120 valence electrons. The smallest absolute Gasteiger partial charge is 0.314 e. The van der Waals surface area contributed by atoms with Gasteiger partial charge in [-0.15, -0.1) is 0 Å². The van der Waals surface area contributed by atoms with Gasteiger partial charge in [0.1, 0.15) is 12.4 Å². The van der Waals surface area contributed by atoms with E-state index in [4.69, 9.17) is 16.3 Å². The lowest BCUT2D eigenvalue weighted by Crippen LogP contribution is -2.38. The van der Waals surface area contributed by atoms with Crippen molar-refractivity contribution in [2.24, 2.45) is 0 Å². The molecule has 2 amide bonds. The maximum absolute atomic E-state index is 11.6. The monoisotopic (exact) mass is 322 g/mol. The Kier molecular flexibility index (Phi) is 7.10. The molecule has 1 aliphatic carbocycles. The summed E-state index contributed by atoms with van der Waals surface area (Å²) in [5, 5.41) is 6.29. The highest BCUT2D eigenvalue weighted by Crippen LogP contribution is 2.19. The normalized spacial score (nSPS) is 14.1. The molecule has 0 aromatic heterocycles. The second-order valence-electron chi connectivity index (χ2n) is 5.35. The summed E-state index contributed by atoms with van der Waals surface area (Å²) < 4.78 is 5.50. The van der Waals surface area contributed by atoms with E-state index in [1.807, 2.05) is 12.1 Å². The van der Waals surface area contributed by atoms with Crippen molar-refractivity contribution in [2.75, 3.05) is 19.7 Å². The topological polar surface area (TPSA) is 50.4 Å². The van der Waals surface area contributed by atoms with Gasteiger partial charge >= 0.3 is 6.03 Å². The van der Waals surface area contributed by atoms with Crippen LogP contribution in [0.15, 0.2) is 35.9 Å². The largest absolute Gasteiger partial charge is 0.492 e. The lowest BCUT2D eigenvalue weighted by molar-refractivity contribution is 0.236. The van der Waals surface area contributed by atoms with Crippen LogP contribution in [0.2, 0.25) is 5.02 Å². The van der Waals surface area contributed by atoms with Gasteiger partial charge in [-0.2, -0.15) is 0 Å². The first-order valence-electron chi connectivity index (χ1n) is 7.82. The third-order valence-corrected chi connectivity index (χ3v) is 3.80. The second kappa shape index (κ2) is 9.36. The number of allylic oxidation sites excluding steroid dienone is 1. The van der Waals surface area contributed by atoms with Gasteiger partial charge in [-0.1, -0.05) is 29.3 Å². The molecule has 0 heterocycles. The Morgan fingerprint density at radius 1 is 1.23 bits per heavy atom. The van der Waals surface area contributed by atoms with Crippen LogP contribution in [0.1, 0.15) is 32.1 Å². The molecule has 2 N–H and O–H groups in total. The number of carbonyl (C=O) groups excluding carboxylic acids is 1. The Bertz CT molecular complexity index is 517. The molecule has 0 saturated carbocycles. The number of benzene rings is 1. The van der Waals surface area contributed by atoms with E-state index in [1.54, 1.807) is 12.1 Å². The van der Waals surface area contributed by atoms with Crippen LogP contribution in [-0.2, 0) is 0 Å². The van der Waals surface area contributed by atoms with Crippen LogP contribution in [0.3, 0.4) is 0 Å². The van der Waals surface area contributed by atoms with E-state index in [2.05, 4.69) is 16.7 Å². The fourth-order valence-electron chi connectivity index (χ4n) is 2.42. The molecule has 0 unspecified atom stereocenters. The maximum atomic E-state index is 11.6. The summed E-state index contributed by atoms with van der Waals surface area (Å²) in [5.74, 6) is 0.707. The zero-order chi connectivity index (χ0) is 15.6. The first kappa shape index (κ1) is 16.7. The molecule has 0 fully saturated rings. The fraction of sp³-hybridized carbons (Fsp3) is 0.471. The summed E-state index contributed by atoms with van der Waals surface area (Å²) in [6.45, 7) is 1.56. The molecule has 22 heavy (non-hydrogen) atoms. The molecule has 1 aromatic carbocycles. The number of amides is 2. The number of rotatable bonds is 7. The molecule has 0 radical (unpaired) electrons. The van der Waals surface area contributed by atoms with Crippen molar-refractivity contribution in [3.8, 4) is 5.75 Å². The predicted molar refractivity (Wildman–Crippen MR) is 89.5 cm³/mol. The van der Waals surface area contributed by atoms with Gasteiger partial charge in [0.15, 0.2) is 0 Å². The van der Waals surface area contributed by atoms with Crippen molar-refractivity contribution < 1.29 is 9.53 Å². The van der Waals surface area contributed by atoms with Crippen molar-refractivity contribution in [2.45, 2.75) is 32.1 Å². The summed E-state index contributed by atoms with van der Waals surface area (Å²) in [6.07, 6.45) is 8.19. The van der Waals surface area contributed by atoms with Crippen molar-refractivity contribution in [1.82, 2.24) is 10.6 Å². The number of hydrogen-bond acceptors (Lipinski definition) is 2. The average molecular weight is 323 g/mol. The van der Waals surface area contributed by atoms with E-state index >= 15 is 0 Å². The zero-order valence-electron chi connectivity index (χ0n) is 12.7.